The smallest absolute Gasteiger partial charge is 0.223 e. The quantitative estimate of drug-likeness (QED) is 0.749. The molecule has 144 valence electrons. The number of amides is 1. The Bertz CT molecular complexity index is 616. The van der Waals surface area contributed by atoms with Crippen molar-refractivity contribution < 1.29 is 4.79 Å². The van der Waals surface area contributed by atoms with Crippen LogP contribution in [0.3, 0.4) is 0 Å². The maximum atomic E-state index is 12.8. The summed E-state index contributed by atoms with van der Waals surface area (Å²) in [6.07, 6.45) is 5.73. The average molecular weight is 399 g/mol. The highest BCUT2D eigenvalue weighted by Gasteiger charge is 2.19. The minimum absolute atomic E-state index is 0. The molecule has 0 unspecified atom stereocenters. The van der Waals surface area contributed by atoms with Crippen molar-refractivity contribution in [3.63, 3.8) is 0 Å². The fraction of sp³-hybridized carbons (Fsp3) is 0.474. The molecule has 0 radical (unpaired) electrons. The van der Waals surface area contributed by atoms with Gasteiger partial charge in [-0.1, -0.05) is 30.3 Å². The molecule has 1 amide bonds. The van der Waals surface area contributed by atoms with Crippen molar-refractivity contribution in [2.45, 2.75) is 38.8 Å². The molecule has 3 rings (SSSR count). The molecule has 0 atom stereocenters. The van der Waals surface area contributed by atoms with Gasteiger partial charge in [-0.15, -0.1) is 24.8 Å². The molecule has 2 N–H and O–H groups in total. The number of nitrogens with zero attached hydrogens (tertiary/aromatic N) is 2. The molecule has 1 saturated heterocycles. The number of hydrogen-bond acceptors (Lipinski definition) is 3. The monoisotopic (exact) mass is 398 g/mol. The molecule has 1 aromatic heterocycles. The van der Waals surface area contributed by atoms with E-state index in [1.54, 1.807) is 6.20 Å². The number of piperidine rings is 1. The summed E-state index contributed by atoms with van der Waals surface area (Å²) in [5.74, 6) is 0.910. The number of aromatic amines is 1. The summed E-state index contributed by atoms with van der Waals surface area (Å²) >= 11 is 0. The summed E-state index contributed by atoms with van der Waals surface area (Å²) in [7, 11) is 0. The Hall–Kier alpha value is -1.56. The molecule has 7 heteroatoms. The van der Waals surface area contributed by atoms with E-state index in [-0.39, 0.29) is 30.7 Å². The standard InChI is InChI=1S/C19H26N4O.2ClH/c24-19(7-6-16-8-11-20-12-9-16)23(15-18-10-13-21-22-18)14-17-4-2-1-3-5-17;;/h1-5,10,13,16,20H,6-9,11-12,14-15H2,(H,21,22);2*1H. The molecule has 1 aliphatic heterocycles. The van der Waals surface area contributed by atoms with Gasteiger partial charge in [0.25, 0.3) is 0 Å². The third-order valence-corrected chi connectivity index (χ3v) is 4.71. The number of carbonyl (C=O) groups is 1. The van der Waals surface area contributed by atoms with Gasteiger partial charge in [0.2, 0.25) is 5.91 Å². The molecule has 1 aliphatic rings. The van der Waals surface area contributed by atoms with E-state index in [4.69, 9.17) is 0 Å². The number of carbonyl (C=O) groups excluding carboxylic acids is 1. The van der Waals surface area contributed by atoms with Gasteiger partial charge < -0.3 is 10.2 Å². The Labute approximate surface area is 167 Å². The summed E-state index contributed by atoms with van der Waals surface area (Å²) in [4.78, 5) is 14.7. The number of hydrogen-bond donors (Lipinski definition) is 2. The van der Waals surface area contributed by atoms with Gasteiger partial charge in [-0.2, -0.15) is 5.10 Å². The lowest BCUT2D eigenvalue weighted by molar-refractivity contribution is -0.132. The number of nitrogens with one attached hydrogen (secondary N) is 2. The highest BCUT2D eigenvalue weighted by Crippen LogP contribution is 2.19. The Balaban J connectivity index is 0.00000169. The molecule has 0 spiro atoms. The summed E-state index contributed by atoms with van der Waals surface area (Å²) in [5, 5.41) is 10.3. The summed E-state index contributed by atoms with van der Waals surface area (Å²) < 4.78 is 0. The van der Waals surface area contributed by atoms with Crippen molar-refractivity contribution in [2.75, 3.05) is 13.1 Å². The van der Waals surface area contributed by atoms with Gasteiger partial charge in [0, 0.05) is 19.2 Å². The molecule has 2 aromatic rings. The lowest BCUT2D eigenvalue weighted by atomic mass is 9.93. The predicted octanol–water partition coefficient (Wildman–Crippen LogP) is 3.56. The van der Waals surface area contributed by atoms with E-state index in [1.165, 1.54) is 12.8 Å². The SMILES string of the molecule is Cl.Cl.O=C(CCC1CCNCC1)N(Cc1ccccc1)Cc1ccn[nH]1. The summed E-state index contributed by atoms with van der Waals surface area (Å²) in [5.41, 5.74) is 2.13. The topological polar surface area (TPSA) is 61.0 Å². The normalized spacial score (nSPS) is 14.2. The van der Waals surface area contributed by atoms with E-state index >= 15 is 0 Å². The number of benzene rings is 1. The first-order chi connectivity index (χ1) is 11.8. The second kappa shape index (κ2) is 11.9. The van der Waals surface area contributed by atoms with Gasteiger partial charge in [-0.05, 0) is 49.9 Å². The minimum atomic E-state index is 0. The van der Waals surface area contributed by atoms with Crippen LogP contribution in [0.5, 0.6) is 0 Å². The van der Waals surface area contributed by atoms with Crippen LogP contribution in [0.15, 0.2) is 42.6 Å². The Morgan fingerprint density at radius 3 is 2.46 bits per heavy atom. The molecule has 1 fully saturated rings. The van der Waals surface area contributed by atoms with Crippen molar-refractivity contribution in [3.8, 4) is 0 Å². The van der Waals surface area contributed by atoms with E-state index in [0.717, 1.165) is 30.8 Å². The van der Waals surface area contributed by atoms with E-state index in [1.807, 2.05) is 29.2 Å². The Kier molecular flexibility index (Phi) is 10.3. The van der Waals surface area contributed by atoms with E-state index in [9.17, 15) is 4.79 Å². The van der Waals surface area contributed by atoms with Crippen molar-refractivity contribution in [2.24, 2.45) is 5.92 Å². The zero-order chi connectivity index (χ0) is 16.6. The number of aromatic nitrogens is 2. The largest absolute Gasteiger partial charge is 0.332 e. The first-order valence-corrected chi connectivity index (χ1v) is 8.82. The Morgan fingerprint density at radius 2 is 1.81 bits per heavy atom. The van der Waals surface area contributed by atoms with Crippen LogP contribution in [0.1, 0.15) is 36.9 Å². The van der Waals surface area contributed by atoms with Crippen molar-refractivity contribution in [1.29, 1.82) is 0 Å². The van der Waals surface area contributed by atoms with Crippen LogP contribution in [-0.2, 0) is 17.9 Å². The van der Waals surface area contributed by atoms with Crippen LogP contribution in [0.2, 0.25) is 0 Å². The molecule has 0 saturated carbocycles. The van der Waals surface area contributed by atoms with Gasteiger partial charge in [-0.25, -0.2) is 0 Å². The molecular formula is C19H28Cl2N4O. The molecule has 0 bridgehead atoms. The fourth-order valence-electron chi connectivity index (χ4n) is 3.27. The van der Waals surface area contributed by atoms with Crippen molar-refractivity contribution in [3.05, 3.63) is 53.9 Å². The van der Waals surface area contributed by atoms with Gasteiger partial charge >= 0.3 is 0 Å². The lowest BCUT2D eigenvalue weighted by Gasteiger charge is -2.25. The summed E-state index contributed by atoms with van der Waals surface area (Å²) in [6, 6.07) is 12.1. The second-order valence-corrected chi connectivity index (χ2v) is 6.55. The third-order valence-electron chi connectivity index (χ3n) is 4.71. The molecule has 5 nitrogen and oxygen atoms in total. The third kappa shape index (κ3) is 6.98. The molecular weight excluding hydrogens is 371 g/mol. The van der Waals surface area contributed by atoms with Gasteiger partial charge in [0.1, 0.15) is 0 Å². The lowest BCUT2D eigenvalue weighted by Crippen LogP contribution is -2.32. The molecule has 26 heavy (non-hydrogen) atoms. The van der Waals surface area contributed by atoms with Crippen LogP contribution in [-0.4, -0.2) is 34.1 Å². The number of halogens is 2. The molecule has 0 aliphatic carbocycles. The maximum Gasteiger partial charge on any atom is 0.223 e. The van der Waals surface area contributed by atoms with Crippen LogP contribution in [0.25, 0.3) is 0 Å². The first-order valence-electron chi connectivity index (χ1n) is 8.82. The average Bonchev–Trinajstić information content (AvgIpc) is 3.14. The maximum absolute atomic E-state index is 12.8. The van der Waals surface area contributed by atoms with Crippen LogP contribution in [0.4, 0.5) is 0 Å². The highest BCUT2D eigenvalue weighted by atomic mass is 35.5. The first kappa shape index (κ1) is 22.5. The highest BCUT2D eigenvalue weighted by molar-refractivity contribution is 5.85. The van der Waals surface area contributed by atoms with Crippen molar-refractivity contribution >= 4 is 30.7 Å². The van der Waals surface area contributed by atoms with Crippen LogP contribution in [0, 0.1) is 5.92 Å². The predicted molar refractivity (Wildman–Crippen MR) is 109 cm³/mol. The fourth-order valence-corrected chi connectivity index (χ4v) is 3.27. The number of H-pyrrole nitrogens is 1. The molecule has 2 heterocycles. The zero-order valence-electron chi connectivity index (χ0n) is 14.9. The van der Waals surface area contributed by atoms with Gasteiger partial charge in [-0.3, -0.25) is 9.89 Å². The summed E-state index contributed by atoms with van der Waals surface area (Å²) in [6.45, 7) is 3.40. The van der Waals surface area contributed by atoms with Crippen LogP contribution >= 0.6 is 24.8 Å². The Morgan fingerprint density at radius 1 is 1.08 bits per heavy atom. The van der Waals surface area contributed by atoms with Crippen LogP contribution < -0.4 is 5.32 Å². The van der Waals surface area contributed by atoms with E-state index < -0.39 is 0 Å². The van der Waals surface area contributed by atoms with Crippen molar-refractivity contribution in [1.82, 2.24) is 20.4 Å². The minimum Gasteiger partial charge on any atom is -0.332 e. The van der Waals surface area contributed by atoms with E-state index in [0.29, 0.717) is 25.4 Å². The molecule has 1 aromatic carbocycles. The van der Waals surface area contributed by atoms with Gasteiger partial charge in [0.05, 0.1) is 12.2 Å². The van der Waals surface area contributed by atoms with Gasteiger partial charge in [0.15, 0.2) is 0 Å². The number of rotatable bonds is 7. The zero-order valence-corrected chi connectivity index (χ0v) is 16.5. The van der Waals surface area contributed by atoms with E-state index in [2.05, 4.69) is 27.6 Å². The second-order valence-electron chi connectivity index (χ2n) is 6.55.